The molecule has 0 aliphatic carbocycles. The Morgan fingerprint density at radius 3 is 2.56 bits per heavy atom. The van der Waals surface area contributed by atoms with Crippen LogP contribution in [0, 0.1) is 0 Å². The average molecular weight is 458 g/mol. The summed E-state index contributed by atoms with van der Waals surface area (Å²) in [6, 6.07) is 8.19. The van der Waals surface area contributed by atoms with Gasteiger partial charge in [0.15, 0.2) is 5.96 Å². The van der Waals surface area contributed by atoms with Gasteiger partial charge in [0.05, 0.1) is 6.54 Å². The van der Waals surface area contributed by atoms with E-state index < -0.39 is 0 Å². The Kier molecular flexibility index (Phi) is 7.34. The first-order valence-electron chi connectivity index (χ1n) is 8.70. The fourth-order valence-corrected chi connectivity index (χ4v) is 3.20. The van der Waals surface area contributed by atoms with Crippen LogP contribution in [0.2, 0.25) is 0 Å². The van der Waals surface area contributed by atoms with Gasteiger partial charge in [-0.05, 0) is 18.6 Å². The maximum atomic E-state index is 11.5. The number of carbonyl (C=O) groups is 1. The Balaban J connectivity index is 0.00000225. The fraction of sp³-hybridized carbons (Fsp3) is 0.556. The first kappa shape index (κ1) is 19.8. The number of fused-ring (bicyclic) bond motifs is 1. The minimum absolute atomic E-state index is 0. The predicted molar refractivity (Wildman–Crippen MR) is 110 cm³/mol. The molecule has 0 saturated carbocycles. The molecule has 138 valence electrons. The quantitative estimate of drug-likeness (QED) is 0.426. The van der Waals surface area contributed by atoms with Crippen molar-refractivity contribution >= 4 is 35.8 Å². The number of carbonyl (C=O) groups excluding carboxylic acids is 1. The van der Waals surface area contributed by atoms with Crippen LogP contribution in [0.4, 0.5) is 0 Å². The van der Waals surface area contributed by atoms with Crippen LogP contribution in [0.25, 0.3) is 0 Å². The van der Waals surface area contributed by atoms with E-state index in [2.05, 4.69) is 23.2 Å². The van der Waals surface area contributed by atoms with Crippen LogP contribution >= 0.6 is 24.0 Å². The van der Waals surface area contributed by atoms with E-state index in [0.717, 1.165) is 50.9 Å². The molecule has 2 aliphatic rings. The molecule has 1 saturated heterocycles. The second-order valence-electron chi connectivity index (χ2n) is 6.24. The lowest BCUT2D eigenvalue weighted by Crippen LogP contribution is -2.53. The van der Waals surface area contributed by atoms with E-state index >= 15 is 0 Å². The summed E-state index contributed by atoms with van der Waals surface area (Å²) in [5.74, 6) is 2.05. The van der Waals surface area contributed by atoms with Crippen molar-refractivity contribution in [1.82, 2.24) is 15.1 Å². The van der Waals surface area contributed by atoms with E-state index in [1.807, 2.05) is 23.1 Å². The third-order valence-corrected chi connectivity index (χ3v) is 4.52. The lowest BCUT2D eigenvalue weighted by Gasteiger charge is -2.36. The van der Waals surface area contributed by atoms with Crippen molar-refractivity contribution in [2.24, 2.45) is 4.99 Å². The Hall–Kier alpha value is -1.51. The summed E-state index contributed by atoms with van der Waals surface area (Å²) in [6.07, 6.45) is 1.02. The molecule has 1 amide bonds. The van der Waals surface area contributed by atoms with Gasteiger partial charge in [0.1, 0.15) is 11.9 Å². The van der Waals surface area contributed by atoms with Crippen molar-refractivity contribution in [2.75, 3.05) is 39.3 Å². The number of halogens is 1. The molecular weight excluding hydrogens is 431 g/mol. The first-order valence-corrected chi connectivity index (χ1v) is 8.70. The van der Waals surface area contributed by atoms with Gasteiger partial charge in [0, 0.05) is 46.1 Å². The molecule has 1 aromatic carbocycles. The average Bonchev–Trinajstić information content (AvgIpc) is 3.01. The van der Waals surface area contributed by atoms with E-state index in [9.17, 15) is 4.79 Å². The van der Waals surface area contributed by atoms with Crippen molar-refractivity contribution in [1.29, 1.82) is 0 Å². The molecule has 1 unspecified atom stereocenters. The highest BCUT2D eigenvalue weighted by Crippen LogP contribution is 2.28. The lowest BCUT2D eigenvalue weighted by molar-refractivity contribution is -0.130. The van der Waals surface area contributed by atoms with Crippen LogP contribution in [0.15, 0.2) is 29.3 Å². The van der Waals surface area contributed by atoms with Gasteiger partial charge in [-0.3, -0.25) is 4.79 Å². The van der Waals surface area contributed by atoms with Gasteiger partial charge >= 0.3 is 0 Å². The molecule has 25 heavy (non-hydrogen) atoms. The monoisotopic (exact) mass is 458 g/mol. The predicted octanol–water partition coefficient (Wildman–Crippen LogP) is 1.74. The van der Waals surface area contributed by atoms with Crippen molar-refractivity contribution in [3.05, 3.63) is 29.8 Å². The number of nitrogens with zero attached hydrogens (tertiary/aromatic N) is 3. The molecule has 1 aromatic rings. The van der Waals surface area contributed by atoms with Crippen molar-refractivity contribution in [3.63, 3.8) is 0 Å². The van der Waals surface area contributed by atoms with E-state index in [4.69, 9.17) is 9.73 Å². The Morgan fingerprint density at radius 1 is 1.24 bits per heavy atom. The zero-order valence-electron chi connectivity index (χ0n) is 14.9. The zero-order valence-corrected chi connectivity index (χ0v) is 17.2. The van der Waals surface area contributed by atoms with Gasteiger partial charge in [-0.15, -0.1) is 24.0 Å². The Labute approximate surface area is 166 Å². The number of hydrogen-bond acceptors (Lipinski definition) is 3. The molecule has 7 heteroatoms. The fourth-order valence-electron chi connectivity index (χ4n) is 3.20. The number of aliphatic imine (C=N–C) groups is 1. The van der Waals surface area contributed by atoms with Gasteiger partial charge < -0.3 is 19.9 Å². The number of rotatable bonds is 3. The molecule has 0 bridgehead atoms. The summed E-state index contributed by atoms with van der Waals surface area (Å²) in [4.78, 5) is 20.3. The molecular formula is C18H27IN4O2. The van der Waals surface area contributed by atoms with E-state index in [1.165, 1.54) is 5.56 Å². The SMILES string of the molecule is CCNC(=NCC1Cc2ccccc2O1)N1CCN(C(C)=O)CC1.I. The molecule has 2 heterocycles. The highest BCUT2D eigenvalue weighted by Gasteiger charge is 2.24. The lowest BCUT2D eigenvalue weighted by atomic mass is 10.1. The molecule has 2 aliphatic heterocycles. The number of piperazine rings is 1. The number of benzene rings is 1. The van der Waals surface area contributed by atoms with Gasteiger partial charge in [0.2, 0.25) is 5.91 Å². The normalized spacial score (nSPS) is 19.8. The molecule has 1 N–H and O–H groups in total. The summed E-state index contributed by atoms with van der Waals surface area (Å²) in [7, 11) is 0. The van der Waals surface area contributed by atoms with Gasteiger partial charge in [-0.2, -0.15) is 0 Å². The molecule has 1 atom stereocenters. The first-order chi connectivity index (χ1) is 11.7. The topological polar surface area (TPSA) is 57.2 Å². The van der Waals surface area contributed by atoms with Crippen molar-refractivity contribution in [2.45, 2.75) is 26.4 Å². The number of amides is 1. The zero-order chi connectivity index (χ0) is 16.9. The molecule has 6 nitrogen and oxygen atoms in total. The van der Waals surface area contributed by atoms with Crippen LogP contribution < -0.4 is 10.1 Å². The highest BCUT2D eigenvalue weighted by molar-refractivity contribution is 14.0. The van der Waals surface area contributed by atoms with Gasteiger partial charge in [-0.25, -0.2) is 4.99 Å². The van der Waals surface area contributed by atoms with Gasteiger partial charge in [-0.1, -0.05) is 18.2 Å². The number of hydrogen-bond donors (Lipinski definition) is 1. The van der Waals surface area contributed by atoms with Crippen molar-refractivity contribution < 1.29 is 9.53 Å². The minimum Gasteiger partial charge on any atom is -0.488 e. The number of guanidine groups is 1. The summed E-state index contributed by atoms with van der Waals surface area (Å²) in [5, 5.41) is 3.36. The van der Waals surface area contributed by atoms with Gasteiger partial charge in [0.25, 0.3) is 0 Å². The maximum Gasteiger partial charge on any atom is 0.219 e. The second kappa shape index (κ2) is 9.26. The van der Waals surface area contributed by atoms with Crippen LogP contribution in [0.1, 0.15) is 19.4 Å². The summed E-state index contributed by atoms with van der Waals surface area (Å²) < 4.78 is 5.97. The Morgan fingerprint density at radius 2 is 1.92 bits per heavy atom. The third-order valence-electron chi connectivity index (χ3n) is 4.52. The smallest absolute Gasteiger partial charge is 0.219 e. The highest BCUT2D eigenvalue weighted by atomic mass is 127. The van der Waals surface area contributed by atoms with Crippen LogP contribution in [-0.2, 0) is 11.2 Å². The van der Waals surface area contributed by atoms with Crippen molar-refractivity contribution in [3.8, 4) is 5.75 Å². The van der Waals surface area contributed by atoms with E-state index in [-0.39, 0.29) is 36.0 Å². The maximum absolute atomic E-state index is 11.5. The van der Waals surface area contributed by atoms with Crippen LogP contribution in [0.5, 0.6) is 5.75 Å². The summed E-state index contributed by atoms with van der Waals surface area (Å²) in [5.41, 5.74) is 1.26. The minimum atomic E-state index is 0. The summed E-state index contributed by atoms with van der Waals surface area (Å²) >= 11 is 0. The van der Waals surface area contributed by atoms with Crippen LogP contribution in [0.3, 0.4) is 0 Å². The second-order valence-corrected chi connectivity index (χ2v) is 6.24. The number of nitrogens with one attached hydrogen (secondary N) is 1. The van der Waals surface area contributed by atoms with E-state index in [1.54, 1.807) is 6.92 Å². The standard InChI is InChI=1S/C18H26N4O2.HI/c1-3-19-18(22-10-8-21(9-11-22)14(2)23)20-13-16-12-15-6-4-5-7-17(15)24-16;/h4-7,16H,3,8-13H2,1-2H3,(H,19,20);1H. The molecule has 1 fully saturated rings. The van der Waals surface area contributed by atoms with E-state index in [0.29, 0.717) is 6.54 Å². The number of para-hydroxylation sites is 1. The Bertz CT molecular complexity index is 590. The molecule has 0 radical (unpaired) electrons. The summed E-state index contributed by atoms with van der Waals surface area (Å²) in [6.45, 7) is 8.32. The third kappa shape index (κ3) is 4.99. The largest absolute Gasteiger partial charge is 0.488 e. The molecule has 0 aromatic heterocycles. The van der Waals surface area contributed by atoms with Crippen LogP contribution in [-0.4, -0.2) is 67.0 Å². The molecule has 0 spiro atoms. The number of ether oxygens (including phenoxy) is 1. The molecule has 3 rings (SSSR count).